The Morgan fingerprint density at radius 3 is 2.58 bits per heavy atom. The standard InChI is InChI=1S/C20H15N5O3S3/c1-11-9-12(2)23-18-15(11)16-17(30-18)19(26)25(10-22-16)13-3-5-14(6-4-13)31(27,28)24-20-21-7-8-29-20/h3-10H,1-2H3,(H,21,24). The van der Waals surface area contributed by atoms with Gasteiger partial charge >= 0.3 is 0 Å². The van der Waals surface area contributed by atoms with Crippen LogP contribution >= 0.6 is 22.7 Å². The van der Waals surface area contributed by atoms with Gasteiger partial charge in [0.25, 0.3) is 15.6 Å². The number of anilines is 1. The molecule has 0 aliphatic heterocycles. The molecule has 156 valence electrons. The molecule has 0 spiro atoms. The number of hydrogen-bond donors (Lipinski definition) is 1. The lowest BCUT2D eigenvalue weighted by molar-refractivity contribution is 0.601. The topological polar surface area (TPSA) is 107 Å². The Kier molecular flexibility index (Phi) is 4.61. The summed E-state index contributed by atoms with van der Waals surface area (Å²) >= 11 is 2.51. The zero-order chi connectivity index (χ0) is 21.8. The molecule has 0 fully saturated rings. The molecule has 0 amide bonds. The molecule has 0 aliphatic carbocycles. The Hall–Kier alpha value is -3.15. The summed E-state index contributed by atoms with van der Waals surface area (Å²) in [4.78, 5) is 27.0. The van der Waals surface area contributed by atoms with Crippen molar-refractivity contribution in [2.75, 3.05) is 4.72 Å². The van der Waals surface area contributed by atoms with Crippen LogP contribution in [-0.4, -0.2) is 27.9 Å². The molecule has 0 radical (unpaired) electrons. The third kappa shape index (κ3) is 3.40. The van der Waals surface area contributed by atoms with E-state index in [0.717, 1.165) is 21.5 Å². The summed E-state index contributed by atoms with van der Waals surface area (Å²) in [5, 5.41) is 2.87. The quantitative estimate of drug-likeness (QED) is 0.428. The van der Waals surface area contributed by atoms with Crippen molar-refractivity contribution in [1.82, 2.24) is 19.5 Å². The van der Waals surface area contributed by atoms with E-state index < -0.39 is 10.0 Å². The van der Waals surface area contributed by atoms with Gasteiger partial charge in [0.05, 0.1) is 16.1 Å². The Morgan fingerprint density at radius 2 is 1.87 bits per heavy atom. The molecule has 0 unspecified atom stereocenters. The monoisotopic (exact) mass is 469 g/mol. The van der Waals surface area contributed by atoms with Crippen LogP contribution in [0.25, 0.3) is 26.1 Å². The van der Waals surface area contributed by atoms with Crippen molar-refractivity contribution >= 4 is 58.3 Å². The minimum absolute atomic E-state index is 0.0747. The van der Waals surface area contributed by atoms with E-state index in [1.807, 2.05) is 19.9 Å². The molecule has 1 aromatic carbocycles. The molecule has 31 heavy (non-hydrogen) atoms. The van der Waals surface area contributed by atoms with Gasteiger partial charge in [-0.2, -0.15) is 0 Å². The number of hydrogen-bond acceptors (Lipinski definition) is 8. The second-order valence-corrected chi connectivity index (χ2v) is 10.5. The van der Waals surface area contributed by atoms with E-state index in [-0.39, 0.29) is 10.5 Å². The molecule has 11 heteroatoms. The van der Waals surface area contributed by atoms with Gasteiger partial charge < -0.3 is 0 Å². The number of thiazole rings is 1. The van der Waals surface area contributed by atoms with Crippen molar-refractivity contribution in [3.05, 3.63) is 69.8 Å². The number of fused-ring (bicyclic) bond motifs is 3. The number of sulfonamides is 1. The molecule has 1 N–H and O–H groups in total. The number of aromatic nitrogens is 4. The normalized spacial score (nSPS) is 11.9. The highest BCUT2D eigenvalue weighted by molar-refractivity contribution is 7.93. The second kappa shape index (κ2) is 7.22. The highest BCUT2D eigenvalue weighted by Gasteiger charge is 2.18. The predicted octanol–water partition coefficient (Wildman–Crippen LogP) is 3.87. The van der Waals surface area contributed by atoms with Crippen LogP contribution in [0.4, 0.5) is 5.13 Å². The zero-order valence-electron chi connectivity index (χ0n) is 16.4. The molecule has 4 heterocycles. The SMILES string of the molecule is Cc1cc(C)c2c(n1)sc1c(=O)n(-c3ccc(S(=O)(=O)Nc4nccs4)cc3)cnc12. The number of rotatable bonds is 4. The van der Waals surface area contributed by atoms with Crippen LogP contribution in [0.15, 0.2) is 57.9 Å². The highest BCUT2D eigenvalue weighted by Crippen LogP contribution is 2.32. The summed E-state index contributed by atoms with van der Waals surface area (Å²) in [5.74, 6) is 0. The maximum atomic E-state index is 13.2. The first-order chi connectivity index (χ1) is 14.8. The van der Waals surface area contributed by atoms with E-state index in [1.165, 1.54) is 51.9 Å². The molecule has 4 aromatic heterocycles. The number of nitrogens with one attached hydrogen (secondary N) is 1. The first-order valence-corrected chi connectivity index (χ1v) is 12.3. The van der Waals surface area contributed by atoms with Crippen molar-refractivity contribution in [1.29, 1.82) is 0 Å². The molecule has 0 saturated heterocycles. The third-order valence-corrected chi connectivity index (χ3v) is 7.99. The Morgan fingerprint density at radius 1 is 1.10 bits per heavy atom. The van der Waals surface area contributed by atoms with E-state index in [0.29, 0.717) is 21.0 Å². The smallest absolute Gasteiger partial charge is 0.267 e. The van der Waals surface area contributed by atoms with E-state index >= 15 is 0 Å². The van der Waals surface area contributed by atoms with E-state index in [1.54, 1.807) is 17.5 Å². The minimum atomic E-state index is -3.76. The molecular weight excluding hydrogens is 454 g/mol. The first kappa shape index (κ1) is 19.8. The fourth-order valence-electron chi connectivity index (χ4n) is 3.39. The van der Waals surface area contributed by atoms with Crippen LogP contribution in [-0.2, 0) is 10.0 Å². The van der Waals surface area contributed by atoms with Crippen molar-refractivity contribution < 1.29 is 8.42 Å². The summed E-state index contributed by atoms with van der Waals surface area (Å²) in [6, 6.07) is 8.02. The average molecular weight is 470 g/mol. The Balaban J connectivity index is 1.56. The fourth-order valence-corrected chi connectivity index (χ4v) is 6.35. The van der Waals surface area contributed by atoms with Crippen molar-refractivity contribution in [3.63, 3.8) is 0 Å². The maximum Gasteiger partial charge on any atom is 0.275 e. The van der Waals surface area contributed by atoms with Crippen molar-refractivity contribution in [2.24, 2.45) is 0 Å². The Bertz CT molecular complexity index is 1600. The highest BCUT2D eigenvalue weighted by atomic mass is 32.2. The lowest BCUT2D eigenvalue weighted by atomic mass is 10.1. The van der Waals surface area contributed by atoms with Gasteiger partial charge in [-0.15, -0.1) is 22.7 Å². The van der Waals surface area contributed by atoms with Crippen molar-refractivity contribution in [2.45, 2.75) is 18.7 Å². The Labute approximate surface area is 184 Å². The molecular formula is C20H15N5O3S3. The molecule has 0 aliphatic rings. The van der Waals surface area contributed by atoms with E-state index in [2.05, 4.69) is 19.7 Å². The van der Waals surface area contributed by atoms with Crippen LogP contribution in [0, 0.1) is 13.8 Å². The maximum absolute atomic E-state index is 13.2. The number of pyridine rings is 1. The largest absolute Gasteiger partial charge is 0.275 e. The van der Waals surface area contributed by atoms with Crippen LogP contribution < -0.4 is 10.3 Å². The van der Waals surface area contributed by atoms with Gasteiger partial charge in [0.2, 0.25) is 0 Å². The van der Waals surface area contributed by atoms with Crippen LogP contribution in [0.3, 0.4) is 0 Å². The summed E-state index contributed by atoms with van der Waals surface area (Å²) in [6.45, 7) is 3.90. The summed E-state index contributed by atoms with van der Waals surface area (Å²) < 4.78 is 29.4. The third-order valence-electron chi connectivity index (χ3n) is 4.76. The van der Waals surface area contributed by atoms with Crippen LogP contribution in [0.1, 0.15) is 11.3 Å². The first-order valence-electron chi connectivity index (χ1n) is 9.14. The van der Waals surface area contributed by atoms with Gasteiger partial charge in [0.15, 0.2) is 5.13 Å². The molecule has 0 atom stereocenters. The average Bonchev–Trinajstić information content (AvgIpc) is 3.36. The number of aryl methyl sites for hydroxylation is 2. The van der Waals surface area contributed by atoms with E-state index in [4.69, 9.17) is 0 Å². The fraction of sp³-hybridized carbons (Fsp3) is 0.100. The number of benzene rings is 1. The van der Waals surface area contributed by atoms with Gasteiger partial charge in [0, 0.05) is 22.7 Å². The molecule has 0 saturated carbocycles. The van der Waals surface area contributed by atoms with Gasteiger partial charge in [-0.1, -0.05) is 0 Å². The number of thiophene rings is 1. The minimum Gasteiger partial charge on any atom is -0.267 e. The van der Waals surface area contributed by atoms with E-state index in [9.17, 15) is 13.2 Å². The van der Waals surface area contributed by atoms with Crippen molar-refractivity contribution in [3.8, 4) is 5.69 Å². The summed E-state index contributed by atoms with van der Waals surface area (Å²) in [6.07, 6.45) is 2.99. The lowest BCUT2D eigenvalue weighted by Gasteiger charge is -2.08. The zero-order valence-corrected chi connectivity index (χ0v) is 18.8. The van der Waals surface area contributed by atoms with Gasteiger partial charge in [-0.05, 0) is 49.7 Å². The summed E-state index contributed by atoms with van der Waals surface area (Å²) in [7, 11) is -3.76. The second-order valence-electron chi connectivity index (χ2n) is 6.90. The van der Waals surface area contributed by atoms with Crippen LogP contribution in [0.5, 0.6) is 0 Å². The summed E-state index contributed by atoms with van der Waals surface area (Å²) in [5.41, 5.74) is 2.85. The molecule has 0 bridgehead atoms. The van der Waals surface area contributed by atoms with Gasteiger partial charge in [-0.25, -0.2) is 23.4 Å². The van der Waals surface area contributed by atoms with Gasteiger partial charge in [0.1, 0.15) is 15.9 Å². The van der Waals surface area contributed by atoms with Gasteiger partial charge in [-0.3, -0.25) is 14.1 Å². The molecule has 5 aromatic rings. The molecule has 5 rings (SSSR count). The lowest BCUT2D eigenvalue weighted by Crippen LogP contribution is -2.18. The van der Waals surface area contributed by atoms with Crippen LogP contribution in [0.2, 0.25) is 0 Å². The molecule has 8 nitrogen and oxygen atoms in total. The predicted molar refractivity (Wildman–Crippen MR) is 123 cm³/mol. The number of nitrogens with zero attached hydrogens (tertiary/aromatic N) is 4.